The number of sulfonamides is 1. The Kier molecular flexibility index (Phi) is 4.15. The first-order valence-electron chi connectivity index (χ1n) is 5.92. The fraction of sp³-hybridized carbons (Fsp3) is 0.273. The molecule has 1 unspecified atom stereocenters. The molecule has 124 valence electrons. The molecule has 8 nitrogen and oxygen atoms in total. The Bertz CT molecular complexity index is 982. The summed E-state index contributed by atoms with van der Waals surface area (Å²) in [6, 6.07) is 3.26. The van der Waals surface area contributed by atoms with Gasteiger partial charge in [-0.05, 0) is 25.3 Å². The molecule has 2 rings (SSSR count). The molecule has 1 aromatic rings. The first-order valence-corrected chi connectivity index (χ1v) is 9.96. The third-order valence-corrected chi connectivity index (χ3v) is 8.40. The van der Waals surface area contributed by atoms with Gasteiger partial charge in [-0.3, -0.25) is 0 Å². The van der Waals surface area contributed by atoms with Crippen molar-refractivity contribution in [1.82, 2.24) is 7.60 Å². The summed E-state index contributed by atoms with van der Waals surface area (Å²) < 4.78 is 63.1. The molecule has 0 aliphatic carbocycles. The highest BCUT2D eigenvalue weighted by Gasteiger charge is 2.64. The summed E-state index contributed by atoms with van der Waals surface area (Å²) in [6.07, 6.45) is 0.648. The lowest BCUT2D eigenvalue weighted by molar-refractivity contribution is 0.488. The molecule has 0 fully saturated rings. The van der Waals surface area contributed by atoms with Crippen molar-refractivity contribution in [3.63, 3.8) is 0 Å². The molecular weight excluding hydrogens is 415 g/mol. The minimum absolute atomic E-state index is 0.0397. The van der Waals surface area contributed by atoms with Crippen LogP contribution in [0.1, 0.15) is 0 Å². The third kappa shape index (κ3) is 2.23. The van der Waals surface area contributed by atoms with Gasteiger partial charge in [-0.25, -0.2) is 4.39 Å². The van der Waals surface area contributed by atoms with E-state index in [1.165, 1.54) is 6.07 Å². The van der Waals surface area contributed by atoms with E-state index in [1.807, 2.05) is 0 Å². The standard InChI is InChI=1S/C11H11BrFN4O4S2/c1-16(2)23(20,21)17(22(3,18)19)9-5-7(13)4-8(12)11(9)15-10(17)6-14/h4-5H,1-3H3/q+1. The summed E-state index contributed by atoms with van der Waals surface area (Å²) >= 11 is 3.01. The number of amidine groups is 1. The average molecular weight is 426 g/mol. The van der Waals surface area contributed by atoms with Crippen molar-refractivity contribution in [1.29, 1.82) is 5.26 Å². The van der Waals surface area contributed by atoms with Gasteiger partial charge in [0.2, 0.25) is 5.69 Å². The molecule has 1 heterocycles. The number of hydrogen-bond acceptors (Lipinski definition) is 6. The van der Waals surface area contributed by atoms with Gasteiger partial charge in [-0.2, -0.15) is 31.4 Å². The summed E-state index contributed by atoms with van der Waals surface area (Å²) in [5, 5.41) is 9.29. The second-order valence-corrected chi connectivity index (χ2v) is 10.1. The number of quaternary nitrogens is 1. The number of rotatable bonds is 3. The van der Waals surface area contributed by atoms with Crippen molar-refractivity contribution >= 4 is 53.4 Å². The lowest BCUT2D eigenvalue weighted by Gasteiger charge is -2.30. The van der Waals surface area contributed by atoms with Crippen molar-refractivity contribution < 1.29 is 21.2 Å². The normalized spacial score (nSPS) is 21.0. The smallest absolute Gasteiger partial charge is 0.207 e. The molecule has 1 aliphatic rings. The third-order valence-electron chi connectivity index (χ3n) is 3.18. The van der Waals surface area contributed by atoms with Crippen LogP contribution in [0, 0.1) is 17.1 Å². The second kappa shape index (κ2) is 5.32. The molecule has 12 heteroatoms. The van der Waals surface area contributed by atoms with E-state index >= 15 is 0 Å². The van der Waals surface area contributed by atoms with Crippen molar-refractivity contribution in [2.24, 2.45) is 4.99 Å². The van der Waals surface area contributed by atoms with Gasteiger partial charge in [0.25, 0.3) is 0 Å². The van der Waals surface area contributed by atoms with E-state index in [2.05, 4.69) is 20.9 Å². The molecule has 0 aromatic heterocycles. The molecule has 0 spiro atoms. The molecular formula is C11H11BrFN4O4S2+. The first kappa shape index (κ1) is 18.0. The molecule has 0 saturated heterocycles. The number of benzene rings is 1. The minimum atomic E-state index is -4.66. The first-order chi connectivity index (χ1) is 10.4. The summed E-state index contributed by atoms with van der Waals surface area (Å²) in [5.41, 5.74) is -0.594. The van der Waals surface area contributed by atoms with Crippen LogP contribution >= 0.6 is 15.9 Å². The van der Waals surface area contributed by atoms with E-state index in [0.717, 1.165) is 26.2 Å². The highest BCUT2D eigenvalue weighted by molar-refractivity contribution is 9.10. The zero-order chi connectivity index (χ0) is 17.8. The van der Waals surface area contributed by atoms with Gasteiger partial charge in [0.05, 0.1) is 10.7 Å². The Hall–Kier alpha value is -1.39. The quantitative estimate of drug-likeness (QED) is 0.676. The van der Waals surface area contributed by atoms with Crippen LogP contribution in [0.3, 0.4) is 0 Å². The van der Waals surface area contributed by atoms with E-state index < -0.39 is 40.9 Å². The van der Waals surface area contributed by atoms with Crippen LogP contribution < -0.4 is 3.29 Å². The van der Waals surface area contributed by atoms with Crippen LogP contribution in [-0.2, 0) is 20.2 Å². The van der Waals surface area contributed by atoms with Crippen molar-refractivity contribution in [2.45, 2.75) is 0 Å². The molecule has 1 atom stereocenters. The summed E-state index contributed by atoms with van der Waals surface area (Å²) in [4.78, 5) is 3.81. The Labute approximate surface area is 141 Å². The number of fused-ring (bicyclic) bond motifs is 1. The molecule has 1 aliphatic heterocycles. The van der Waals surface area contributed by atoms with Gasteiger partial charge in [0, 0.05) is 20.2 Å². The fourth-order valence-corrected chi connectivity index (χ4v) is 6.55. The highest BCUT2D eigenvalue weighted by Crippen LogP contribution is 2.49. The fourth-order valence-electron chi connectivity index (χ4n) is 2.23. The second-order valence-electron chi connectivity index (χ2n) is 4.85. The van der Waals surface area contributed by atoms with Crippen LogP contribution in [-0.4, -0.2) is 47.3 Å². The Morgan fingerprint density at radius 1 is 1.30 bits per heavy atom. The lowest BCUT2D eigenvalue weighted by Crippen LogP contribution is -2.63. The Morgan fingerprint density at radius 3 is 2.30 bits per heavy atom. The van der Waals surface area contributed by atoms with Gasteiger partial charge in [0.15, 0.2) is 6.07 Å². The molecule has 0 radical (unpaired) electrons. The van der Waals surface area contributed by atoms with E-state index in [1.54, 1.807) is 0 Å². The highest BCUT2D eigenvalue weighted by atomic mass is 79.9. The van der Waals surface area contributed by atoms with Crippen molar-refractivity contribution in [2.75, 3.05) is 20.4 Å². The maximum Gasteiger partial charge on any atom is 0.398 e. The van der Waals surface area contributed by atoms with E-state index in [-0.39, 0.29) is 10.2 Å². The minimum Gasteiger partial charge on any atom is -0.207 e. The molecule has 1 aromatic carbocycles. The van der Waals surface area contributed by atoms with Crippen molar-refractivity contribution in [3.8, 4) is 6.07 Å². The largest absolute Gasteiger partial charge is 0.398 e. The Balaban J connectivity index is 3.15. The van der Waals surface area contributed by atoms with Gasteiger partial charge in [0.1, 0.15) is 11.5 Å². The summed E-state index contributed by atoms with van der Waals surface area (Å²) in [7, 11) is -6.94. The van der Waals surface area contributed by atoms with Gasteiger partial charge in [-0.15, -0.1) is 0 Å². The molecule has 0 bridgehead atoms. The number of nitrogens with zero attached hydrogens (tertiary/aromatic N) is 4. The number of halogens is 2. The monoisotopic (exact) mass is 425 g/mol. The number of aliphatic imine (C=N–C) groups is 1. The SMILES string of the molecule is CN(C)S(=O)(=O)[N+]1(S(C)(=O)=O)C(C#N)=Nc2c(Br)cc(F)cc21. The molecule has 0 amide bonds. The predicted octanol–water partition coefficient (Wildman–Crippen LogP) is 1.23. The lowest BCUT2D eigenvalue weighted by atomic mass is 10.3. The number of hydrogen-bond donors (Lipinski definition) is 0. The zero-order valence-electron chi connectivity index (χ0n) is 12.1. The number of nitriles is 1. The van der Waals surface area contributed by atoms with Gasteiger partial charge >= 0.3 is 26.1 Å². The predicted molar refractivity (Wildman–Crippen MR) is 86.1 cm³/mol. The van der Waals surface area contributed by atoms with Crippen LogP contribution in [0.5, 0.6) is 0 Å². The average Bonchev–Trinajstić information content (AvgIpc) is 2.73. The van der Waals surface area contributed by atoms with Crippen molar-refractivity contribution in [3.05, 3.63) is 22.4 Å². The van der Waals surface area contributed by atoms with Gasteiger partial charge in [-0.1, -0.05) is 0 Å². The topological polar surface area (TPSA) is 108 Å². The van der Waals surface area contributed by atoms with E-state index in [9.17, 15) is 26.5 Å². The van der Waals surface area contributed by atoms with Gasteiger partial charge < -0.3 is 0 Å². The summed E-state index contributed by atoms with van der Waals surface area (Å²) in [6.45, 7) is 0. The van der Waals surface area contributed by atoms with Crippen LogP contribution in [0.4, 0.5) is 15.8 Å². The maximum absolute atomic E-state index is 13.8. The maximum atomic E-state index is 13.8. The molecule has 23 heavy (non-hydrogen) atoms. The molecule has 0 N–H and O–H groups in total. The van der Waals surface area contributed by atoms with E-state index in [4.69, 9.17) is 0 Å². The van der Waals surface area contributed by atoms with Crippen LogP contribution in [0.2, 0.25) is 0 Å². The van der Waals surface area contributed by atoms with E-state index in [0.29, 0.717) is 10.6 Å². The Morgan fingerprint density at radius 2 is 1.87 bits per heavy atom. The zero-order valence-corrected chi connectivity index (χ0v) is 15.4. The van der Waals surface area contributed by atoms with Crippen LogP contribution in [0.25, 0.3) is 0 Å². The summed E-state index contributed by atoms with van der Waals surface area (Å²) in [5.74, 6) is -1.67. The molecule has 0 saturated carbocycles. The van der Waals surface area contributed by atoms with Crippen LogP contribution in [0.15, 0.2) is 21.6 Å².